The average Bonchev–Trinajstić information content (AvgIpc) is 2.93. The van der Waals surface area contributed by atoms with Crippen LogP contribution in [0.3, 0.4) is 0 Å². The Balaban J connectivity index is 1.66. The van der Waals surface area contributed by atoms with Gasteiger partial charge in [0.1, 0.15) is 5.01 Å². The molecule has 0 bridgehead atoms. The number of nitrogens with zero attached hydrogens (tertiary/aromatic N) is 2. The Morgan fingerprint density at radius 3 is 2.86 bits per heavy atom. The lowest BCUT2D eigenvalue weighted by Gasteiger charge is -2.39. The standard InChI is InChI=1S/C16H20N2O2S/c1-16(20)7-8-18(9-14(16)19)10-15-17-13(11-21-15)12-5-3-2-4-6-12/h2-6,11,14,19-20H,7-10H2,1H3/t14-,16-/m0/s1. The van der Waals surface area contributed by atoms with E-state index in [0.717, 1.165) is 29.4 Å². The van der Waals surface area contributed by atoms with Gasteiger partial charge < -0.3 is 10.2 Å². The van der Waals surface area contributed by atoms with Gasteiger partial charge in [-0.2, -0.15) is 0 Å². The van der Waals surface area contributed by atoms with Gasteiger partial charge in [-0.1, -0.05) is 30.3 Å². The van der Waals surface area contributed by atoms with E-state index in [2.05, 4.69) is 27.4 Å². The monoisotopic (exact) mass is 304 g/mol. The molecule has 0 unspecified atom stereocenters. The van der Waals surface area contributed by atoms with E-state index in [1.165, 1.54) is 0 Å². The summed E-state index contributed by atoms with van der Waals surface area (Å²) in [5.41, 5.74) is 1.16. The number of β-amino-alcohol motifs (C(OH)–C–C–N with tert-alkyl or cyclic N) is 1. The van der Waals surface area contributed by atoms with Gasteiger partial charge in [0.05, 0.1) is 23.9 Å². The molecule has 2 atom stereocenters. The van der Waals surface area contributed by atoms with E-state index in [0.29, 0.717) is 13.0 Å². The Kier molecular flexibility index (Phi) is 4.08. The molecule has 0 amide bonds. The van der Waals surface area contributed by atoms with E-state index in [9.17, 15) is 10.2 Å². The molecule has 1 aliphatic heterocycles. The summed E-state index contributed by atoms with van der Waals surface area (Å²) < 4.78 is 0. The number of aliphatic hydroxyl groups is 2. The molecule has 2 aromatic rings. The second-order valence-corrected chi connectivity index (χ2v) is 6.79. The van der Waals surface area contributed by atoms with Crippen molar-refractivity contribution in [1.29, 1.82) is 0 Å². The average molecular weight is 304 g/mol. The Labute approximate surface area is 128 Å². The quantitative estimate of drug-likeness (QED) is 0.912. The molecule has 21 heavy (non-hydrogen) atoms. The van der Waals surface area contributed by atoms with Gasteiger partial charge in [-0.15, -0.1) is 11.3 Å². The Morgan fingerprint density at radius 2 is 2.14 bits per heavy atom. The van der Waals surface area contributed by atoms with Crippen LogP contribution in [0.4, 0.5) is 0 Å². The number of likely N-dealkylation sites (tertiary alicyclic amines) is 1. The molecule has 1 aromatic carbocycles. The largest absolute Gasteiger partial charge is 0.389 e. The number of benzene rings is 1. The van der Waals surface area contributed by atoms with Crippen molar-refractivity contribution in [3.8, 4) is 11.3 Å². The zero-order chi connectivity index (χ0) is 14.9. The lowest BCUT2D eigenvalue weighted by molar-refractivity contribution is -0.108. The minimum Gasteiger partial charge on any atom is -0.389 e. The SMILES string of the molecule is C[C@]1(O)CCN(Cc2nc(-c3ccccc3)cs2)C[C@@H]1O. The normalized spacial score (nSPS) is 26.9. The molecule has 1 aliphatic rings. The lowest BCUT2D eigenvalue weighted by atomic mass is 9.91. The highest BCUT2D eigenvalue weighted by atomic mass is 32.1. The maximum absolute atomic E-state index is 9.99. The Morgan fingerprint density at radius 1 is 1.38 bits per heavy atom. The molecule has 0 saturated carbocycles. The van der Waals surface area contributed by atoms with E-state index < -0.39 is 11.7 Å². The summed E-state index contributed by atoms with van der Waals surface area (Å²) in [7, 11) is 0. The minimum atomic E-state index is -0.964. The van der Waals surface area contributed by atoms with Crippen LogP contribution in [0.15, 0.2) is 35.7 Å². The summed E-state index contributed by atoms with van der Waals surface area (Å²) >= 11 is 1.64. The molecule has 112 valence electrons. The van der Waals surface area contributed by atoms with Crippen LogP contribution < -0.4 is 0 Å². The van der Waals surface area contributed by atoms with E-state index in [1.54, 1.807) is 18.3 Å². The van der Waals surface area contributed by atoms with Gasteiger partial charge in [0.2, 0.25) is 0 Å². The van der Waals surface area contributed by atoms with Crippen molar-refractivity contribution in [3.05, 3.63) is 40.7 Å². The molecule has 1 aromatic heterocycles. The van der Waals surface area contributed by atoms with Crippen LogP contribution in [0.1, 0.15) is 18.4 Å². The molecule has 1 fully saturated rings. The van der Waals surface area contributed by atoms with Crippen LogP contribution in [0.2, 0.25) is 0 Å². The van der Waals surface area contributed by atoms with Crippen molar-refractivity contribution >= 4 is 11.3 Å². The Bertz CT molecular complexity index is 597. The van der Waals surface area contributed by atoms with Gasteiger partial charge in [0.25, 0.3) is 0 Å². The molecule has 2 heterocycles. The van der Waals surface area contributed by atoms with E-state index in [1.807, 2.05) is 18.2 Å². The highest BCUT2D eigenvalue weighted by Crippen LogP contribution is 2.26. The second kappa shape index (κ2) is 5.85. The summed E-state index contributed by atoms with van der Waals surface area (Å²) in [5, 5.41) is 23.1. The Hall–Kier alpha value is -1.27. The van der Waals surface area contributed by atoms with Crippen molar-refractivity contribution < 1.29 is 10.2 Å². The van der Waals surface area contributed by atoms with Crippen molar-refractivity contribution in [2.24, 2.45) is 0 Å². The van der Waals surface area contributed by atoms with Gasteiger partial charge >= 0.3 is 0 Å². The minimum absolute atomic E-state index is 0.493. The fourth-order valence-electron chi connectivity index (χ4n) is 2.54. The van der Waals surface area contributed by atoms with E-state index in [-0.39, 0.29) is 0 Å². The van der Waals surface area contributed by atoms with Crippen molar-refractivity contribution in [3.63, 3.8) is 0 Å². The molecule has 0 aliphatic carbocycles. The number of aliphatic hydroxyl groups excluding tert-OH is 1. The van der Waals surface area contributed by atoms with Crippen LogP contribution in [0, 0.1) is 0 Å². The third-order valence-electron chi connectivity index (χ3n) is 4.06. The number of thiazole rings is 1. The molecular formula is C16H20N2O2S. The highest BCUT2D eigenvalue weighted by Gasteiger charge is 2.36. The summed E-state index contributed by atoms with van der Waals surface area (Å²) in [5.74, 6) is 0. The molecule has 5 heteroatoms. The van der Waals surface area contributed by atoms with Crippen LogP contribution in [-0.2, 0) is 6.54 Å². The third-order valence-corrected chi connectivity index (χ3v) is 4.90. The zero-order valence-corrected chi connectivity index (χ0v) is 12.9. The van der Waals surface area contributed by atoms with Crippen molar-refractivity contribution in [1.82, 2.24) is 9.88 Å². The molecule has 2 N–H and O–H groups in total. The number of rotatable bonds is 3. The molecule has 4 nitrogen and oxygen atoms in total. The first kappa shape index (κ1) is 14.7. The topological polar surface area (TPSA) is 56.6 Å². The van der Waals surface area contributed by atoms with E-state index in [4.69, 9.17) is 0 Å². The van der Waals surface area contributed by atoms with E-state index >= 15 is 0 Å². The highest BCUT2D eigenvalue weighted by molar-refractivity contribution is 7.09. The molecule has 3 rings (SSSR count). The maximum atomic E-state index is 9.99. The van der Waals surface area contributed by atoms with Crippen LogP contribution in [-0.4, -0.2) is 44.9 Å². The van der Waals surface area contributed by atoms with Crippen molar-refractivity contribution in [2.45, 2.75) is 31.6 Å². The number of piperidine rings is 1. The number of hydrogen-bond donors (Lipinski definition) is 2. The third kappa shape index (κ3) is 3.32. The summed E-state index contributed by atoms with van der Waals surface area (Å²) in [6, 6.07) is 10.1. The van der Waals surface area contributed by atoms with Gasteiger partial charge in [-0.3, -0.25) is 4.90 Å². The first-order valence-electron chi connectivity index (χ1n) is 7.17. The van der Waals surface area contributed by atoms with Crippen LogP contribution >= 0.6 is 11.3 Å². The fourth-order valence-corrected chi connectivity index (χ4v) is 3.39. The number of hydrogen-bond acceptors (Lipinski definition) is 5. The molecule has 1 saturated heterocycles. The van der Waals surface area contributed by atoms with Gasteiger partial charge in [-0.05, 0) is 13.3 Å². The molecule has 0 spiro atoms. The molecular weight excluding hydrogens is 284 g/mol. The molecule has 0 radical (unpaired) electrons. The van der Waals surface area contributed by atoms with Crippen LogP contribution in [0.5, 0.6) is 0 Å². The predicted molar refractivity (Wildman–Crippen MR) is 84.1 cm³/mol. The van der Waals surface area contributed by atoms with Gasteiger partial charge in [0, 0.05) is 24.0 Å². The maximum Gasteiger partial charge on any atom is 0.107 e. The summed E-state index contributed by atoms with van der Waals surface area (Å²) in [6.45, 7) is 3.70. The number of aromatic nitrogens is 1. The predicted octanol–water partition coefficient (Wildman–Crippen LogP) is 2.13. The van der Waals surface area contributed by atoms with Crippen molar-refractivity contribution in [2.75, 3.05) is 13.1 Å². The summed E-state index contributed by atoms with van der Waals surface area (Å²) in [6.07, 6.45) is -0.106. The zero-order valence-electron chi connectivity index (χ0n) is 12.1. The van der Waals surface area contributed by atoms with Crippen LogP contribution in [0.25, 0.3) is 11.3 Å². The second-order valence-electron chi connectivity index (χ2n) is 5.85. The van der Waals surface area contributed by atoms with Gasteiger partial charge in [-0.25, -0.2) is 4.98 Å². The fraction of sp³-hybridized carbons (Fsp3) is 0.438. The van der Waals surface area contributed by atoms with Gasteiger partial charge in [0.15, 0.2) is 0 Å². The first-order valence-corrected chi connectivity index (χ1v) is 8.05. The summed E-state index contributed by atoms with van der Waals surface area (Å²) in [4.78, 5) is 6.82. The smallest absolute Gasteiger partial charge is 0.107 e. The first-order chi connectivity index (χ1) is 10.0. The lowest BCUT2D eigenvalue weighted by Crippen LogP contribution is -2.53.